The van der Waals surface area contributed by atoms with Crippen LogP contribution in [0.3, 0.4) is 0 Å². The van der Waals surface area contributed by atoms with Gasteiger partial charge >= 0.3 is 0 Å². The minimum Gasteiger partial charge on any atom is -0.389 e. The standard InChI is InChI=1S/C8H18OS/c1-4-8(9,5-2)7-10-6-3/h9H,4-7H2,1-3H3. The van der Waals surface area contributed by atoms with Gasteiger partial charge < -0.3 is 5.11 Å². The Balaban J connectivity index is 3.58. The normalized spacial score (nSPS) is 12.0. The molecule has 0 saturated carbocycles. The molecule has 0 bridgehead atoms. The van der Waals surface area contributed by atoms with Crippen molar-refractivity contribution in [2.75, 3.05) is 11.5 Å². The van der Waals surface area contributed by atoms with Crippen LogP contribution in [0.4, 0.5) is 0 Å². The Morgan fingerprint density at radius 2 is 1.70 bits per heavy atom. The molecular weight excluding hydrogens is 144 g/mol. The highest BCUT2D eigenvalue weighted by atomic mass is 32.2. The van der Waals surface area contributed by atoms with Gasteiger partial charge in [-0.15, -0.1) is 0 Å². The lowest BCUT2D eigenvalue weighted by Crippen LogP contribution is -2.29. The van der Waals surface area contributed by atoms with Gasteiger partial charge in [-0.2, -0.15) is 11.8 Å². The van der Waals surface area contributed by atoms with Crippen molar-refractivity contribution in [3.05, 3.63) is 0 Å². The number of hydrogen-bond donors (Lipinski definition) is 1. The minimum absolute atomic E-state index is 0.402. The largest absolute Gasteiger partial charge is 0.389 e. The molecule has 0 atom stereocenters. The molecule has 0 amide bonds. The summed E-state index contributed by atoms with van der Waals surface area (Å²) < 4.78 is 0. The maximum atomic E-state index is 9.74. The van der Waals surface area contributed by atoms with Crippen LogP contribution in [0, 0.1) is 0 Å². The molecule has 0 spiro atoms. The molecule has 1 N–H and O–H groups in total. The first-order valence-electron chi connectivity index (χ1n) is 3.98. The van der Waals surface area contributed by atoms with Crippen molar-refractivity contribution in [3.63, 3.8) is 0 Å². The molecule has 10 heavy (non-hydrogen) atoms. The summed E-state index contributed by atoms with van der Waals surface area (Å²) in [6.45, 7) is 6.20. The van der Waals surface area contributed by atoms with Crippen LogP contribution in [0.2, 0.25) is 0 Å². The predicted octanol–water partition coefficient (Wildman–Crippen LogP) is 2.29. The molecular formula is C8H18OS. The summed E-state index contributed by atoms with van der Waals surface area (Å²) in [5.74, 6) is 1.98. The quantitative estimate of drug-likeness (QED) is 0.669. The van der Waals surface area contributed by atoms with Crippen LogP contribution in [0.25, 0.3) is 0 Å². The Hall–Kier alpha value is 0.310. The first-order chi connectivity index (χ1) is 4.68. The van der Waals surface area contributed by atoms with Gasteiger partial charge in [-0.3, -0.25) is 0 Å². The maximum absolute atomic E-state index is 9.74. The van der Waals surface area contributed by atoms with Crippen LogP contribution >= 0.6 is 11.8 Å². The van der Waals surface area contributed by atoms with E-state index in [0.29, 0.717) is 0 Å². The summed E-state index contributed by atoms with van der Waals surface area (Å²) in [4.78, 5) is 0. The van der Waals surface area contributed by atoms with Gasteiger partial charge in [0.2, 0.25) is 0 Å². The van der Waals surface area contributed by atoms with Crippen molar-refractivity contribution >= 4 is 11.8 Å². The highest BCUT2D eigenvalue weighted by molar-refractivity contribution is 7.99. The molecule has 0 rings (SSSR count). The molecule has 0 aromatic heterocycles. The third-order valence-electron chi connectivity index (χ3n) is 1.89. The van der Waals surface area contributed by atoms with Gasteiger partial charge in [0, 0.05) is 5.75 Å². The molecule has 0 heterocycles. The highest BCUT2D eigenvalue weighted by Crippen LogP contribution is 2.20. The molecule has 1 nitrogen and oxygen atoms in total. The van der Waals surface area contributed by atoms with Crippen LogP contribution in [-0.4, -0.2) is 22.2 Å². The Kier molecular flexibility index (Phi) is 5.18. The third-order valence-corrected chi connectivity index (χ3v) is 3.04. The molecule has 62 valence electrons. The zero-order valence-electron chi connectivity index (χ0n) is 7.18. The fraction of sp³-hybridized carbons (Fsp3) is 1.00. The van der Waals surface area contributed by atoms with E-state index in [1.54, 1.807) is 0 Å². The van der Waals surface area contributed by atoms with Gasteiger partial charge in [0.1, 0.15) is 0 Å². The molecule has 0 aromatic rings. The van der Waals surface area contributed by atoms with Crippen LogP contribution < -0.4 is 0 Å². The Bertz CT molecular complexity index is 79.3. The van der Waals surface area contributed by atoms with E-state index in [-0.39, 0.29) is 0 Å². The van der Waals surface area contributed by atoms with E-state index < -0.39 is 5.60 Å². The van der Waals surface area contributed by atoms with Crippen LogP contribution in [0.15, 0.2) is 0 Å². The Morgan fingerprint density at radius 1 is 1.20 bits per heavy atom. The molecule has 0 fully saturated rings. The van der Waals surface area contributed by atoms with Gasteiger partial charge in [-0.1, -0.05) is 20.8 Å². The van der Waals surface area contributed by atoms with Crippen molar-refractivity contribution in [2.24, 2.45) is 0 Å². The van der Waals surface area contributed by atoms with E-state index in [2.05, 4.69) is 6.92 Å². The summed E-state index contributed by atoms with van der Waals surface area (Å²) in [5.41, 5.74) is -0.402. The molecule has 0 aliphatic rings. The summed E-state index contributed by atoms with van der Waals surface area (Å²) in [6.07, 6.45) is 1.74. The molecule has 0 radical (unpaired) electrons. The van der Waals surface area contributed by atoms with E-state index in [1.165, 1.54) is 0 Å². The van der Waals surface area contributed by atoms with Crippen molar-refractivity contribution in [1.29, 1.82) is 0 Å². The second-order valence-corrected chi connectivity index (χ2v) is 3.84. The summed E-state index contributed by atoms with van der Waals surface area (Å²) in [6, 6.07) is 0. The zero-order chi connectivity index (χ0) is 8.04. The lowest BCUT2D eigenvalue weighted by molar-refractivity contribution is 0.0572. The first-order valence-corrected chi connectivity index (χ1v) is 5.14. The summed E-state index contributed by atoms with van der Waals surface area (Å²) in [7, 11) is 0. The van der Waals surface area contributed by atoms with E-state index in [0.717, 1.165) is 24.3 Å². The zero-order valence-corrected chi connectivity index (χ0v) is 8.00. The van der Waals surface area contributed by atoms with E-state index in [1.807, 2.05) is 25.6 Å². The highest BCUT2D eigenvalue weighted by Gasteiger charge is 2.20. The van der Waals surface area contributed by atoms with Crippen molar-refractivity contribution in [2.45, 2.75) is 39.2 Å². The smallest absolute Gasteiger partial charge is 0.0732 e. The van der Waals surface area contributed by atoms with Crippen molar-refractivity contribution < 1.29 is 5.11 Å². The SMILES string of the molecule is CCSCC(O)(CC)CC. The third kappa shape index (κ3) is 3.47. The number of aliphatic hydroxyl groups is 1. The minimum atomic E-state index is -0.402. The molecule has 0 aromatic carbocycles. The van der Waals surface area contributed by atoms with Crippen LogP contribution in [0.1, 0.15) is 33.6 Å². The fourth-order valence-corrected chi connectivity index (χ4v) is 1.74. The second-order valence-electron chi connectivity index (χ2n) is 2.57. The monoisotopic (exact) mass is 162 g/mol. The van der Waals surface area contributed by atoms with Crippen molar-refractivity contribution in [3.8, 4) is 0 Å². The molecule has 0 aliphatic carbocycles. The van der Waals surface area contributed by atoms with Crippen LogP contribution in [0.5, 0.6) is 0 Å². The lowest BCUT2D eigenvalue weighted by Gasteiger charge is -2.24. The van der Waals surface area contributed by atoms with Gasteiger partial charge in [0.25, 0.3) is 0 Å². The fourth-order valence-electron chi connectivity index (χ4n) is 0.746. The van der Waals surface area contributed by atoms with E-state index in [9.17, 15) is 5.11 Å². The second kappa shape index (κ2) is 5.03. The Labute approximate surface area is 68.2 Å². The van der Waals surface area contributed by atoms with Gasteiger partial charge in [-0.05, 0) is 18.6 Å². The molecule has 2 heteroatoms. The van der Waals surface area contributed by atoms with Crippen molar-refractivity contribution in [1.82, 2.24) is 0 Å². The van der Waals surface area contributed by atoms with Gasteiger partial charge in [0.05, 0.1) is 5.60 Å². The van der Waals surface area contributed by atoms with Gasteiger partial charge in [-0.25, -0.2) is 0 Å². The number of thioether (sulfide) groups is 1. The number of hydrogen-bond acceptors (Lipinski definition) is 2. The van der Waals surface area contributed by atoms with E-state index >= 15 is 0 Å². The van der Waals surface area contributed by atoms with E-state index in [4.69, 9.17) is 0 Å². The molecule has 0 saturated heterocycles. The molecule has 0 unspecified atom stereocenters. The number of rotatable bonds is 5. The average Bonchev–Trinajstić information content (AvgIpc) is 2.00. The Morgan fingerprint density at radius 3 is 2.00 bits per heavy atom. The summed E-state index contributed by atoms with van der Waals surface area (Å²) in [5, 5.41) is 9.74. The van der Waals surface area contributed by atoms with Gasteiger partial charge in [0.15, 0.2) is 0 Å². The summed E-state index contributed by atoms with van der Waals surface area (Å²) >= 11 is 1.81. The first kappa shape index (κ1) is 10.3. The predicted molar refractivity (Wildman–Crippen MR) is 48.5 cm³/mol. The topological polar surface area (TPSA) is 20.2 Å². The lowest BCUT2D eigenvalue weighted by atomic mass is 10.0. The maximum Gasteiger partial charge on any atom is 0.0732 e. The molecule has 0 aliphatic heterocycles. The average molecular weight is 162 g/mol. The van der Waals surface area contributed by atoms with Crippen LogP contribution in [-0.2, 0) is 0 Å².